The molecule has 1 aliphatic rings. The van der Waals surface area contributed by atoms with Crippen LogP contribution in [-0.4, -0.2) is 40.1 Å². The van der Waals surface area contributed by atoms with Gasteiger partial charge in [0.05, 0.1) is 17.9 Å². The quantitative estimate of drug-likeness (QED) is 0.579. The smallest absolute Gasteiger partial charge is 0.181 e. The Morgan fingerprint density at radius 2 is 1.90 bits per heavy atom. The highest BCUT2D eigenvalue weighted by Crippen LogP contribution is 2.35. The first-order valence-electron chi connectivity index (χ1n) is 10.0. The van der Waals surface area contributed by atoms with Crippen LogP contribution in [-0.2, 0) is 11.4 Å². The maximum atomic E-state index is 15.1. The van der Waals surface area contributed by atoms with Crippen molar-refractivity contribution in [1.82, 2.24) is 9.29 Å². The zero-order valence-corrected chi connectivity index (χ0v) is 17.8. The number of benzene rings is 2. The van der Waals surface area contributed by atoms with Crippen LogP contribution < -0.4 is 10.1 Å². The molecule has 2 heterocycles. The lowest BCUT2D eigenvalue weighted by atomic mass is 10.0. The van der Waals surface area contributed by atoms with E-state index in [0.29, 0.717) is 59.4 Å². The molecule has 3 aromatic rings. The number of rotatable bonds is 6. The Morgan fingerprint density at radius 3 is 2.67 bits per heavy atom. The highest BCUT2D eigenvalue weighted by atomic mass is 32.2. The maximum Gasteiger partial charge on any atom is 0.181 e. The molecular formula is C23H24FN3O2S. The van der Waals surface area contributed by atoms with Crippen molar-refractivity contribution in [2.45, 2.75) is 18.7 Å². The minimum absolute atomic E-state index is 0.360. The molecule has 0 bridgehead atoms. The fraction of sp³-hybridized carbons (Fsp3) is 0.261. The zero-order chi connectivity index (χ0) is 21.1. The molecule has 0 saturated heterocycles. The summed E-state index contributed by atoms with van der Waals surface area (Å²) in [6.07, 6.45) is 1.64. The van der Waals surface area contributed by atoms with Crippen molar-refractivity contribution in [1.29, 1.82) is 0 Å². The first-order chi connectivity index (χ1) is 14.6. The van der Waals surface area contributed by atoms with Crippen LogP contribution >= 0.6 is 0 Å². The molecule has 0 fully saturated rings. The minimum atomic E-state index is -1.31. The van der Waals surface area contributed by atoms with Gasteiger partial charge in [-0.2, -0.15) is 0 Å². The molecule has 1 atom stereocenters. The van der Waals surface area contributed by atoms with Crippen LogP contribution in [0.5, 0.6) is 5.75 Å². The number of anilines is 1. The Labute approximate surface area is 179 Å². The highest BCUT2D eigenvalue weighted by Gasteiger charge is 2.24. The summed E-state index contributed by atoms with van der Waals surface area (Å²) in [5.41, 5.74) is 2.56. The van der Waals surface area contributed by atoms with Crippen LogP contribution in [0.1, 0.15) is 13.8 Å². The summed E-state index contributed by atoms with van der Waals surface area (Å²) >= 11 is -1.31. The number of nitrogens with zero attached hydrogens (tertiary/aromatic N) is 2. The minimum Gasteiger partial charge on any atom is -0.593 e. The molecule has 1 aromatic heterocycles. The summed E-state index contributed by atoms with van der Waals surface area (Å²) in [5, 5.41) is 3.16. The first kappa shape index (κ1) is 20.7. The maximum absolute atomic E-state index is 15.1. The molecule has 1 N–H and O–H groups in total. The Kier molecular flexibility index (Phi) is 6.22. The van der Waals surface area contributed by atoms with Crippen LogP contribution in [0.4, 0.5) is 10.2 Å². The van der Waals surface area contributed by atoms with E-state index >= 15 is 4.39 Å². The zero-order valence-electron chi connectivity index (χ0n) is 17.0. The Bertz CT molecular complexity index is 1040. The van der Waals surface area contributed by atoms with E-state index in [4.69, 9.17) is 4.74 Å². The van der Waals surface area contributed by atoms with E-state index in [0.717, 1.165) is 5.56 Å². The molecule has 7 heteroatoms. The van der Waals surface area contributed by atoms with Gasteiger partial charge in [-0.05, 0) is 43.7 Å². The van der Waals surface area contributed by atoms with Gasteiger partial charge in [-0.1, -0.05) is 24.3 Å². The number of nitrogens with one attached hydrogen (secondary N) is 1. The predicted octanol–water partition coefficient (Wildman–Crippen LogP) is 4.72. The fourth-order valence-electron chi connectivity index (χ4n) is 3.54. The molecule has 156 valence electrons. The van der Waals surface area contributed by atoms with Gasteiger partial charge in [0.15, 0.2) is 16.5 Å². The number of fused-ring (bicyclic) bond motifs is 1. The molecule has 0 radical (unpaired) electrons. The van der Waals surface area contributed by atoms with Crippen molar-refractivity contribution >= 4 is 17.2 Å². The summed E-state index contributed by atoms with van der Waals surface area (Å²) in [6, 6.07) is 14.3. The van der Waals surface area contributed by atoms with Gasteiger partial charge < -0.3 is 14.6 Å². The van der Waals surface area contributed by atoms with Crippen molar-refractivity contribution in [3.63, 3.8) is 0 Å². The van der Waals surface area contributed by atoms with Crippen LogP contribution in [0.15, 0.2) is 59.6 Å². The standard InChI is InChI=1S/C23H24FN3O2S/c1-3-27(4-2)30(28)22-8-6-5-7-19(22)16-9-10-18(20(24)13-16)17-14-21-23(26-15-17)25-11-12-29-21/h5-10,13-15H,3-4,11-12H2,1-2H3,(H,25,26). The van der Waals surface area contributed by atoms with Gasteiger partial charge in [-0.25, -0.2) is 9.37 Å². The molecule has 1 unspecified atom stereocenters. The SMILES string of the molecule is CCN(CC)[S+]([O-])c1ccccc1-c1ccc(-c2cnc3c(c2)OCCN3)c(F)c1. The molecule has 0 spiro atoms. The summed E-state index contributed by atoms with van der Waals surface area (Å²) in [4.78, 5) is 5.03. The van der Waals surface area contributed by atoms with E-state index in [1.54, 1.807) is 18.3 Å². The number of hydrogen-bond acceptors (Lipinski definition) is 5. The number of aromatic nitrogens is 1. The van der Waals surface area contributed by atoms with Crippen molar-refractivity contribution in [2.24, 2.45) is 0 Å². The van der Waals surface area contributed by atoms with E-state index in [1.165, 1.54) is 6.07 Å². The van der Waals surface area contributed by atoms with Gasteiger partial charge in [0.25, 0.3) is 0 Å². The lowest BCUT2D eigenvalue weighted by molar-refractivity contribution is 0.321. The van der Waals surface area contributed by atoms with Crippen LogP contribution in [0, 0.1) is 5.82 Å². The van der Waals surface area contributed by atoms with E-state index < -0.39 is 11.4 Å². The van der Waals surface area contributed by atoms with Crippen molar-refractivity contribution in [3.05, 3.63) is 60.5 Å². The molecule has 0 saturated carbocycles. The molecule has 1 aliphatic heterocycles. The van der Waals surface area contributed by atoms with Gasteiger partial charge in [0, 0.05) is 36.0 Å². The van der Waals surface area contributed by atoms with Crippen molar-refractivity contribution < 1.29 is 13.7 Å². The highest BCUT2D eigenvalue weighted by molar-refractivity contribution is 7.89. The normalized spacial score (nSPS) is 14.0. The summed E-state index contributed by atoms with van der Waals surface area (Å²) < 4.78 is 35.6. The van der Waals surface area contributed by atoms with Crippen LogP contribution in [0.2, 0.25) is 0 Å². The van der Waals surface area contributed by atoms with E-state index in [2.05, 4.69) is 10.3 Å². The molecule has 5 nitrogen and oxygen atoms in total. The average Bonchev–Trinajstić information content (AvgIpc) is 2.79. The molecule has 4 rings (SSSR count). The second-order valence-electron chi connectivity index (χ2n) is 6.90. The molecule has 30 heavy (non-hydrogen) atoms. The lowest BCUT2D eigenvalue weighted by Crippen LogP contribution is -2.31. The summed E-state index contributed by atoms with van der Waals surface area (Å²) in [7, 11) is 0. The summed E-state index contributed by atoms with van der Waals surface area (Å²) in [6.45, 7) is 6.56. The Balaban J connectivity index is 1.70. The number of hydrogen-bond donors (Lipinski definition) is 1. The van der Waals surface area contributed by atoms with Gasteiger partial charge in [0.1, 0.15) is 12.4 Å². The van der Waals surface area contributed by atoms with Crippen molar-refractivity contribution in [2.75, 3.05) is 31.6 Å². The van der Waals surface area contributed by atoms with E-state index in [1.807, 2.05) is 48.5 Å². The van der Waals surface area contributed by atoms with Gasteiger partial charge in [-0.15, -0.1) is 4.31 Å². The molecule has 2 aromatic carbocycles. The Morgan fingerprint density at radius 1 is 1.10 bits per heavy atom. The number of ether oxygens (including phenoxy) is 1. The summed E-state index contributed by atoms with van der Waals surface area (Å²) in [5.74, 6) is 0.943. The van der Waals surface area contributed by atoms with Gasteiger partial charge >= 0.3 is 0 Å². The molecule has 0 aliphatic carbocycles. The second-order valence-corrected chi connectivity index (χ2v) is 8.35. The first-order valence-corrected chi connectivity index (χ1v) is 11.2. The van der Waals surface area contributed by atoms with Gasteiger partial charge in [0.2, 0.25) is 0 Å². The molecular weight excluding hydrogens is 401 g/mol. The topological polar surface area (TPSA) is 60.5 Å². The number of pyridine rings is 1. The van der Waals surface area contributed by atoms with Gasteiger partial charge in [-0.3, -0.25) is 0 Å². The van der Waals surface area contributed by atoms with E-state index in [-0.39, 0.29) is 5.82 Å². The fourth-order valence-corrected chi connectivity index (χ4v) is 4.85. The average molecular weight is 426 g/mol. The number of halogens is 1. The van der Waals surface area contributed by atoms with Crippen LogP contribution in [0.3, 0.4) is 0 Å². The lowest BCUT2D eigenvalue weighted by Gasteiger charge is -2.23. The largest absolute Gasteiger partial charge is 0.593 e. The molecule has 0 amide bonds. The second kappa shape index (κ2) is 9.04. The third-order valence-corrected chi connectivity index (χ3v) is 6.83. The monoisotopic (exact) mass is 425 g/mol. The third-order valence-electron chi connectivity index (χ3n) is 5.11. The van der Waals surface area contributed by atoms with E-state index in [9.17, 15) is 4.55 Å². The predicted molar refractivity (Wildman–Crippen MR) is 118 cm³/mol. The Hall–Kier alpha value is -2.61. The third kappa shape index (κ3) is 4.01. The van der Waals surface area contributed by atoms with Crippen molar-refractivity contribution in [3.8, 4) is 28.0 Å². The van der Waals surface area contributed by atoms with Crippen LogP contribution in [0.25, 0.3) is 22.3 Å².